The minimum Gasteiger partial charge on any atom is -0.453 e. The number of ether oxygens (including phenoxy) is 1. The highest BCUT2D eigenvalue weighted by molar-refractivity contribution is 5.86. The van der Waals surface area contributed by atoms with Crippen LogP contribution in [0.25, 0.3) is 11.5 Å². The number of oxazole rings is 1. The Balaban J connectivity index is 1.63. The van der Waals surface area contributed by atoms with Gasteiger partial charge in [-0.2, -0.15) is 0 Å². The fraction of sp³-hybridized carbons (Fsp3) is 0.0667. The molecule has 0 aliphatic rings. The van der Waals surface area contributed by atoms with Gasteiger partial charge >= 0.3 is 11.9 Å². The molecular formula is C15H10N2O6. The second-order valence-corrected chi connectivity index (χ2v) is 4.48. The van der Waals surface area contributed by atoms with Crippen molar-refractivity contribution in [3.05, 3.63) is 70.3 Å². The molecule has 116 valence electrons. The van der Waals surface area contributed by atoms with Gasteiger partial charge in [0.25, 0.3) is 0 Å². The largest absolute Gasteiger partial charge is 0.453 e. The van der Waals surface area contributed by atoms with Gasteiger partial charge in [0.05, 0.1) is 6.07 Å². The molecule has 0 saturated heterocycles. The zero-order valence-corrected chi connectivity index (χ0v) is 11.7. The average Bonchev–Trinajstić information content (AvgIpc) is 3.23. The molecule has 0 atom stereocenters. The molecule has 23 heavy (non-hydrogen) atoms. The van der Waals surface area contributed by atoms with Crippen molar-refractivity contribution < 1.29 is 23.3 Å². The summed E-state index contributed by atoms with van der Waals surface area (Å²) in [6.07, 6.45) is 1.38. The van der Waals surface area contributed by atoms with Crippen LogP contribution in [0.4, 0.5) is 5.88 Å². The first-order valence-corrected chi connectivity index (χ1v) is 6.54. The van der Waals surface area contributed by atoms with Gasteiger partial charge in [-0.25, -0.2) is 9.78 Å². The predicted molar refractivity (Wildman–Crippen MR) is 76.4 cm³/mol. The van der Waals surface area contributed by atoms with Crippen molar-refractivity contribution >= 4 is 11.9 Å². The number of esters is 1. The first-order chi connectivity index (χ1) is 11.1. The van der Waals surface area contributed by atoms with Crippen LogP contribution in [0, 0.1) is 10.1 Å². The number of rotatable bonds is 5. The third kappa shape index (κ3) is 3.26. The normalized spacial score (nSPS) is 10.4. The second kappa shape index (κ2) is 6.14. The Morgan fingerprint density at radius 3 is 2.70 bits per heavy atom. The van der Waals surface area contributed by atoms with E-state index in [-0.39, 0.29) is 12.4 Å². The lowest BCUT2D eigenvalue weighted by molar-refractivity contribution is -0.402. The van der Waals surface area contributed by atoms with Gasteiger partial charge in [-0.1, -0.05) is 18.2 Å². The molecule has 0 amide bonds. The molecule has 0 spiro atoms. The zero-order valence-electron chi connectivity index (χ0n) is 11.7. The Bertz CT molecular complexity index is 837. The van der Waals surface area contributed by atoms with E-state index in [1.165, 1.54) is 12.3 Å². The van der Waals surface area contributed by atoms with E-state index in [2.05, 4.69) is 4.98 Å². The van der Waals surface area contributed by atoms with Crippen molar-refractivity contribution in [2.45, 2.75) is 6.61 Å². The number of benzene rings is 1. The summed E-state index contributed by atoms with van der Waals surface area (Å²) in [5.41, 5.74) is 1.21. The third-order valence-electron chi connectivity index (χ3n) is 2.90. The number of carbonyl (C=O) groups excluding carboxylic acids is 1. The van der Waals surface area contributed by atoms with Crippen LogP contribution in [0.2, 0.25) is 0 Å². The number of aromatic nitrogens is 1. The van der Waals surface area contributed by atoms with Gasteiger partial charge in [-0.15, -0.1) is 0 Å². The van der Waals surface area contributed by atoms with Gasteiger partial charge < -0.3 is 13.6 Å². The maximum atomic E-state index is 11.7. The van der Waals surface area contributed by atoms with Crippen LogP contribution in [-0.4, -0.2) is 15.9 Å². The Kier molecular flexibility index (Phi) is 3.88. The first-order valence-electron chi connectivity index (χ1n) is 6.54. The van der Waals surface area contributed by atoms with E-state index in [0.29, 0.717) is 11.6 Å². The Hall–Kier alpha value is -3.42. The minimum absolute atomic E-state index is 0.135. The molecule has 0 aliphatic heterocycles. The summed E-state index contributed by atoms with van der Waals surface area (Å²) in [4.78, 5) is 25.7. The van der Waals surface area contributed by atoms with Gasteiger partial charge in [0.15, 0.2) is 0 Å². The average molecular weight is 314 g/mol. The topological polar surface area (TPSA) is 109 Å². The highest BCUT2D eigenvalue weighted by Gasteiger charge is 2.19. The van der Waals surface area contributed by atoms with Crippen LogP contribution >= 0.6 is 0 Å². The summed E-state index contributed by atoms with van der Waals surface area (Å²) in [6, 6.07) is 11.5. The fourth-order valence-corrected chi connectivity index (χ4v) is 1.83. The molecule has 1 aromatic carbocycles. The van der Waals surface area contributed by atoms with Crippen molar-refractivity contribution in [1.29, 1.82) is 0 Å². The molecule has 0 aliphatic carbocycles. The summed E-state index contributed by atoms with van der Waals surface area (Å²) in [5.74, 6) is -1.18. The van der Waals surface area contributed by atoms with E-state index in [9.17, 15) is 14.9 Å². The van der Waals surface area contributed by atoms with E-state index in [1.807, 2.05) is 30.3 Å². The lowest BCUT2D eigenvalue weighted by atomic mass is 10.2. The third-order valence-corrected chi connectivity index (χ3v) is 2.90. The number of furan rings is 1. The Morgan fingerprint density at radius 1 is 1.22 bits per heavy atom. The van der Waals surface area contributed by atoms with Crippen LogP contribution < -0.4 is 0 Å². The lowest BCUT2D eigenvalue weighted by Crippen LogP contribution is -2.04. The monoisotopic (exact) mass is 314 g/mol. The molecule has 0 unspecified atom stereocenters. The number of hydrogen-bond donors (Lipinski definition) is 0. The van der Waals surface area contributed by atoms with E-state index in [4.69, 9.17) is 13.6 Å². The van der Waals surface area contributed by atoms with E-state index in [0.717, 1.165) is 11.6 Å². The Labute approximate surface area is 129 Å². The summed E-state index contributed by atoms with van der Waals surface area (Å²) < 4.78 is 15.0. The van der Waals surface area contributed by atoms with Gasteiger partial charge in [0.1, 0.15) is 23.5 Å². The van der Waals surface area contributed by atoms with Gasteiger partial charge in [-0.05, 0) is 18.2 Å². The summed E-state index contributed by atoms with van der Waals surface area (Å²) in [5, 5.41) is 10.5. The van der Waals surface area contributed by atoms with Crippen molar-refractivity contribution in [1.82, 2.24) is 4.98 Å². The van der Waals surface area contributed by atoms with Crippen molar-refractivity contribution in [2.75, 3.05) is 0 Å². The second-order valence-electron chi connectivity index (χ2n) is 4.48. The molecule has 0 radical (unpaired) electrons. The number of nitro groups is 1. The molecule has 8 heteroatoms. The molecule has 8 nitrogen and oxygen atoms in total. The highest BCUT2D eigenvalue weighted by Crippen LogP contribution is 2.19. The standard InChI is InChI=1S/C15H10N2O6/c18-15(12-6-7-13(23-12)17(19)20)22-9-11-8-21-14(16-11)10-4-2-1-3-5-10/h1-8H,9H2. The Morgan fingerprint density at radius 2 is 2.00 bits per heavy atom. The molecule has 3 rings (SSSR count). The van der Waals surface area contributed by atoms with Crippen LogP contribution in [0.3, 0.4) is 0 Å². The van der Waals surface area contributed by atoms with Crippen molar-refractivity contribution in [2.24, 2.45) is 0 Å². The number of nitrogens with zero attached hydrogens (tertiary/aromatic N) is 2. The zero-order chi connectivity index (χ0) is 16.2. The molecule has 0 bridgehead atoms. The minimum atomic E-state index is -0.817. The van der Waals surface area contributed by atoms with Gasteiger partial charge in [0.2, 0.25) is 11.7 Å². The smallest absolute Gasteiger partial charge is 0.433 e. The summed E-state index contributed by atoms with van der Waals surface area (Å²) in [7, 11) is 0. The van der Waals surface area contributed by atoms with Crippen molar-refractivity contribution in [3.8, 4) is 11.5 Å². The quantitative estimate of drug-likeness (QED) is 0.404. The van der Waals surface area contributed by atoms with Gasteiger partial charge in [-0.3, -0.25) is 10.1 Å². The van der Waals surface area contributed by atoms with Crippen LogP contribution in [0.5, 0.6) is 0 Å². The van der Waals surface area contributed by atoms with Crippen LogP contribution in [0.15, 0.2) is 57.6 Å². The summed E-state index contributed by atoms with van der Waals surface area (Å²) >= 11 is 0. The summed E-state index contributed by atoms with van der Waals surface area (Å²) in [6.45, 7) is -0.135. The first kappa shape index (κ1) is 14.5. The van der Waals surface area contributed by atoms with E-state index < -0.39 is 16.8 Å². The molecule has 0 fully saturated rings. The fourth-order valence-electron chi connectivity index (χ4n) is 1.83. The predicted octanol–water partition coefficient (Wildman–Crippen LogP) is 3.20. The number of hydrogen-bond acceptors (Lipinski definition) is 7. The lowest BCUT2D eigenvalue weighted by Gasteiger charge is -1.98. The highest BCUT2D eigenvalue weighted by atomic mass is 16.7. The van der Waals surface area contributed by atoms with Crippen LogP contribution in [0.1, 0.15) is 16.2 Å². The SMILES string of the molecule is O=C(OCc1coc(-c2ccccc2)n1)c1ccc([N+](=O)[O-])o1. The molecule has 0 saturated carbocycles. The van der Waals surface area contributed by atoms with E-state index in [1.54, 1.807) is 0 Å². The molecular weight excluding hydrogens is 304 g/mol. The van der Waals surface area contributed by atoms with Crippen molar-refractivity contribution in [3.63, 3.8) is 0 Å². The van der Waals surface area contributed by atoms with E-state index >= 15 is 0 Å². The van der Waals surface area contributed by atoms with Gasteiger partial charge in [0, 0.05) is 5.56 Å². The maximum absolute atomic E-state index is 11.7. The molecule has 2 heterocycles. The number of carbonyl (C=O) groups is 1. The molecule has 0 N–H and O–H groups in total. The molecule has 2 aromatic heterocycles. The van der Waals surface area contributed by atoms with Crippen LogP contribution in [-0.2, 0) is 11.3 Å². The molecule has 3 aromatic rings. The maximum Gasteiger partial charge on any atom is 0.433 e.